The summed E-state index contributed by atoms with van der Waals surface area (Å²) in [4.78, 5) is 0. The summed E-state index contributed by atoms with van der Waals surface area (Å²) in [6, 6.07) is 0. The molecule has 0 aliphatic carbocycles. The van der Waals surface area contributed by atoms with Crippen LogP contribution in [0.15, 0.2) is 0 Å². The molecule has 2 fully saturated rings. The van der Waals surface area contributed by atoms with Crippen LogP contribution in [0, 0.1) is 0 Å². The monoisotopic (exact) mass is 2450 g/mol. The summed E-state index contributed by atoms with van der Waals surface area (Å²) in [6.45, 7) is 93.1. The average Bonchev–Trinajstić information content (AvgIpc) is 0.743. The number of hydrogen-bond acceptors (Lipinski definition) is 44. The highest BCUT2D eigenvalue weighted by molar-refractivity contribution is 7.79. The summed E-state index contributed by atoms with van der Waals surface area (Å²) in [5, 5.41) is 0. The van der Waals surface area contributed by atoms with E-state index in [1.807, 2.05) is 78.6 Å². The van der Waals surface area contributed by atoms with Gasteiger partial charge in [0.05, 0.1) is 0 Å². The predicted octanol–water partition coefficient (Wildman–Crippen LogP) is 33.0. The summed E-state index contributed by atoms with van der Waals surface area (Å²) < 4.78 is 355. The predicted molar refractivity (Wildman–Crippen MR) is 559 cm³/mol. The molecule has 0 N–H and O–H groups in total. The first-order valence-electron chi connectivity index (χ1n) is 40.9. The lowest BCUT2D eigenvalue weighted by Gasteiger charge is -2.37. The Morgan fingerprint density at radius 1 is 0.138 bits per heavy atom. The first-order chi connectivity index (χ1) is 55.2. The Morgan fingerprint density at radius 2 is 0.231 bits per heavy atom. The molecule has 76 heteroatoms. The van der Waals surface area contributed by atoms with Gasteiger partial charge in [-0.3, -0.25) is 0 Å². The molecule has 0 spiro atoms. The van der Waals surface area contributed by atoms with Crippen molar-refractivity contribution < 1.29 is 191 Å². The summed E-state index contributed by atoms with van der Waals surface area (Å²) >= 11 is 0. The van der Waals surface area contributed by atoms with Crippen LogP contribution in [0.5, 0.6) is 0 Å². The molecule has 0 amide bonds. The zero-order chi connectivity index (χ0) is 105. The maximum Gasteiger partial charge on any atom is 0.501 e. The van der Waals surface area contributed by atoms with Crippen LogP contribution >= 0.6 is 110 Å². The quantitative estimate of drug-likeness (QED) is 0.0403. The maximum absolute atomic E-state index is 14.4. The molecule has 0 saturated carbocycles. The van der Waals surface area contributed by atoms with Crippen molar-refractivity contribution in [2.24, 2.45) is 0 Å². The summed E-state index contributed by atoms with van der Waals surface area (Å²) in [5.41, 5.74) is 0. The fraction of sp³-hybridized carbons (Fsp3) is 1.00. The van der Waals surface area contributed by atoms with E-state index in [9.17, 15) is 63.9 Å². The number of hydrogen-bond donors (Lipinski definition) is 0. The van der Waals surface area contributed by atoms with Gasteiger partial charge in [0.25, 0.3) is 0 Å². The van der Waals surface area contributed by atoms with Gasteiger partial charge in [0.1, 0.15) is 0 Å². The standard InChI is InChI=1S/C18H54O13P4Si6.2C12H36O12P4Si4.C12H36O7P2Si4/c1-36(2,3)26-32(19,24-34(21,28-38(7,8)9)29-39(10,11)12)23-33(20,27-37(4,5)6)25-35(22,30-40(13,14)15)31-41(16,17)18;1-29(2,3)21-25(13)17-26(14,22-30(4,5)6)19-28(16,24-32(10,11)12)20-27(15,18-25)23-31(7,8)9;1-29(2,3)21-26(14)17-25(13,18-27(15,20-26)22-30(4,5)6)19-28(16,23-31(7,8)9)24-32(10,11)12;1-22(2,3)16-20(13,17-23(4,5)6)15-21(14,18-24(7,8)9)19-25(10,11)12/h1-18H3;2*1-12H3;1-12H3. The van der Waals surface area contributed by atoms with Crippen LogP contribution in [0.3, 0.4) is 0 Å². The molecule has 784 valence electrons. The van der Waals surface area contributed by atoms with Crippen molar-refractivity contribution >= 4 is 259 Å². The second kappa shape index (κ2) is 46.6. The second-order valence-corrected chi connectivity index (χ2v) is 156. The molecule has 2 aliphatic rings. The van der Waals surface area contributed by atoms with E-state index in [-0.39, 0.29) is 0 Å². The molecule has 2 rings (SSSR count). The number of rotatable bonds is 46. The van der Waals surface area contributed by atoms with Gasteiger partial charge < -0.3 is 75.8 Å². The van der Waals surface area contributed by atoms with Crippen molar-refractivity contribution in [2.45, 2.75) is 354 Å². The Kier molecular flexibility index (Phi) is 49.4. The molecule has 0 aromatic heterocycles. The lowest BCUT2D eigenvalue weighted by Crippen LogP contribution is -2.33. The molecule has 4 unspecified atom stereocenters. The fourth-order valence-electron chi connectivity index (χ4n) is 8.20. The second-order valence-electron chi connectivity index (χ2n) is 46.9. The highest BCUT2D eigenvalue weighted by atomic mass is 31.4. The van der Waals surface area contributed by atoms with Gasteiger partial charge in [0, 0.05) is 0 Å². The highest BCUT2D eigenvalue weighted by Gasteiger charge is 2.65. The molecule has 2 saturated heterocycles. The van der Waals surface area contributed by atoms with E-state index >= 15 is 0 Å². The van der Waals surface area contributed by atoms with Gasteiger partial charge in [-0.1, -0.05) is 0 Å². The normalized spacial score (nSPS) is 25.2. The minimum atomic E-state index is -5.15. The third kappa shape index (κ3) is 68.5. The Bertz CT molecular complexity index is 4050. The number of phosphoric acid groups is 14. The minimum Gasteiger partial charge on any atom is -0.330 e. The van der Waals surface area contributed by atoms with Crippen molar-refractivity contribution in [2.75, 3.05) is 0 Å². The van der Waals surface area contributed by atoms with Crippen LogP contribution in [0.4, 0.5) is 0 Å². The molecule has 44 nitrogen and oxygen atoms in total. The summed E-state index contributed by atoms with van der Waals surface area (Å²) in [5.74, 6) is 0. The molecule has 0 radical (unpaired) electrons. The van der Waals surface area contributed by atoms with Gasteiger partial charge in [-0.2, -0.15) is 51.7 Å². The van der Waals surface area contributed by atoms with Gasteiger partial charge in [-0.25, -0.2) is 63.9 Å². The fourth-order valence-corrected chi connectivity index (χ4v) is 86.2. The molecule has 4 atom stereocenters. The average molecular weight is 2460 g/mol. The topological polar surface area (TPSA) is 516 Å². The Hall–Kier alpha value is 5.92. The summed E-state index contributed by atoms with van der Waals surface area (Å²) in [7, 11) is -114. The van der Waals surface area contributed by atoms with E-state index in [0.29, 0.717) is 0 Å². The minimum absolute atomic E-state index is 1.65. The van der Waals surface area contributed by atoms with Crippen LogP contribution in [0.25, 0.3) is 0 Å². The molecule has 0 bridgehead atoms. The smallest absolute Gasteiger partial charge is 0.330 e. The van der Waals surface area contributed by atoms with E-state index < -0.39 is 259 Å². The lowest BCUT2D eigenvalue weighted by molar-refractivity contribution is 0.159. The molecule has 2 aliphatic heterocycles. The molecule has 0 aromatic rings. The SMILES string of the molecule is C[Si](C)(C)OP(=O)(O[Si](C)(C)C)OP(=O)(O[Si](C)(C)C)OP(=O)(O[Si](C)(C)C)OP(=O)(O[Si](C)(C)C)O[Si](C)(C)C.C[Si](C)(C)OP(=O)(O[Si](C)(C)C)OP(=O)(O[Si](C)(C)C)O[Si](C)(C)C.C[Si](C)(C)OP(=O)(O[Si](C)(C)C)OP1(=O)OP(=O)(O[Si](C)(C)C)OP(=O)(O[Si](C)(C)C)O1.C[Si](C)(C)OP1(=O)OP(=O)(O[Si](C)(C)C)OP(=O)(O[Si](C)(C)C)OP(=O)(O[Si](C)(C)C)O1. The molecule has 2 heterocycles. The van der Waals surface area contributed by atoms with E-state index in [1.54, 1.807) is 275 Å². The van der Waals surface area contributed by atoms with E-state index in [2.05, 4.69) is 0 Å². The Morgan fingerprint density at radius 3 is 0.346 bits per heavy atom. The Labute approximate surface area is 797 Å². The molecule has 130 heavy (non-hydrogen) atoms. The van der Waals surface area contributed by atoms with Crippen molar-refractivity contribution in [1.29, 1.82) is 0 Å². The van der Waals surface area contributed by atoms with Gasteiger partial charge >= 0.3 is 110 Å². The first-order valence-corrected chi connectivity index (χ1v) is 123. The molecule has 0 aromatic carbocycles. The third-order valence-electron chi connectivity index (χ3n) is 9.34. The zero-order valence-electron chi connectivity index (χ0n) is 87.2. The van der Waals surface area contributed by atoms with Crippen LogP contribution in [-0.4, -0.2) is 150 Å². The van der Waals surface area contributed by atoms with E-state index in [0.717, 1.165) is 0 Å². The zero-order valence-corrected chi connectivity index (χ0v) is 118. The first kappa shape index (κ1) is 138. The largest absolute Gasteiger partial charge is 0.501 e. The summed E-state index contributed by atoms with van der Waals surface area (Å²) in [6.07, 6.45) is 0. The van der Waals surface area contributed by atoms with Gasteiger partial charge in [0.15, 0.2) is 150 Å². The van der Waals surface area contributed by atoms with Crippen molar-refractivity contribution in [1.82, 2.24) is 0 Å². The van der Waals surface area contributed by atoms with Gasteiger partial charge in [0.2, 0.25) is 0 Å². The molecular formula is C54H162O44P14Si18. The molecular weight excluding hydrogens is 2290 g/mol. The highest BCUT2D eigenvalue weighted by Crippen LogP contribution is 2.88. The van der Waals surface area contributed by atoms with Crippen LogP contribution in [0.2, 0.25) is 354 Å². The maximum atomic E-state index is 14.4. The van der Waals surface area contributed by atoms with Crippen LogP contribution < -0.4 is 0 Å². The lowest BCUT2D eigenvalue weighted by atomic mass is 11.8. The van der Waals surface area contributed by atoms with Crippen LogP contribution in [-0.2, 0) is 191 Å². The van der Waals surface area contributed by atoms with Gasteiger partial charge in [-0.15, -0.1) is 0 Å². The van der Waals surface area contributed by atoms with Crippen molar-refractivity contribution in [3.63, 3.8) is 0 Å². The van der Waals surface area contributed by atoms with Crippen LogP contribution in [0.1, 0.15) is 0 Å². The third-order valence-corrected chi connectivity index (χ3v) is 84.1. The Balaban J connectivity index is 0. The van der Waals surface area contributed by atoms with E-state index in [4.69, 9.17) is 128 Å². The van der Waals surface area contributed by atoms with Gasteiger partial charge in [-0.05, 0) is 354 Å². The van der Waals surface area contributed by atoms with Crippen molar-refractivity contribution in [3.8, 4) is 0 Å². The van der Waals surface area contributed by atoms with E-state index in [1.165, 1.54) is 0 Å². The van der Waals surface area contributed by atoms with Crippen molar-refractivity contribution in [3.05, 3.63) is 0 Å².